The lowest BCUT2D eigenvalue weighted by Gasteiger charge is -2.40. The molecule has 0 radical (unpaired) electrons. The number of alkyl carbamates (subject to hydrolysis) is 1. The Morgan fingerprint density at radius 2 is 1.62 bits per heavy atom. The van der Waals surface area contributed by atoms with Gasteiger partial charge in [0, 0.05) is 4.90 Å². The molecule has 0 heterocycles. The van der Waals surface area contributed by atoms with Crippen LogP contribution in [0.5, 0.6) is 0 Å². The third-order valence-electron chi connectivity index (χ3n) is 5.74. The predicted molar refractivity (Wildman–Crippen MR) is 133 cm³/mol. The van der Waals surface area contributed by atoms with Crippen LogP contribution < -0.4 is 5.32 Å². The third kappa shape index (κ3) is 7.80. The average Bonchev–Trinajstić information content (AvgIpc) is 2.71. The second-order valence-electron chi connectivity index (χ2n) is 9.50. The summed E-state index contributed by atoms with van der Waals surface area (Å²) in [7, 11) is -2.15. The van der Waals surface area contributed by atoms with Crippen molar-refractivity contribution in [2.24, 2.45) is 0 Å². The van der Waals surface area contributed by atoms with Gasteiger partial charge in [-0.05, 0) is 61.4 Å². The fourth-order valence-corrected chi connectivity index (χ4v) is 5.06. The van der Waals surface area contributed by atoms with Crippen molar-refractivity contribution >= 4 is 31.3 Å². The van der Waals surface area contributed by atoms with Gasteiger partial charge in [-0.2, -0.15) is 0 Å². The number of nitrogens with one attached hydrogen (secondary N) is 1. The Hall–Kier alpha value is -2.09. The lowest BCUT2D eigenvalue weighted by atomic mass is 10.2. The summed E-state index contributed by atoms with van der Waals surface area (Å²) in [6.45, 7) is 14.7. The van der Waals surface area contributed by atoms with Crippen LogP contribution in [0.4, 0.5) is 4.79 Å². The van der Waals surface area contributed by atoms with E-state index < -0.39 is 26.6 Å². The minimum absolute atomic E-state index is 0.0211. The van der Waals surface area contributed by atoms with Gasteiger partial charge in [0.2, 0.25) is 5.12 Å². The fraction of sp³-hybridized carbons (Fsp3) is 0.440. The molecule has 0 aliphatic heterocycles. The van der Waals surface area contributed by atoms with Crippen LogP contribution in [-0.2, 0) is 20.6 Å². The highest BCUT2D eigenvalue weighted by Gasteiger charge is 2.41. The van der Waals surface area contributed by atoms with Crippen LogP contribution in [0.3, 0.4) is 0 Å². The first-order valence-electron chi connectivity index (χ1n) is 10.8. The molecule has 1 N–H and O–H groups in total. The van der Waals surface area contributed by atoms with Crippen molar-refractivity contribution in [3.63, 3.8) is 0 Å². The molecule has 174 valence electrons. The fourth-order valence-electron chi connectivity index (χ4n) is 2.76. The van der Waals surface area contributed by atoms with E-state index in [4.69, 9.17) is 9.16 Å². The number of ether oxygens (including phenoxy) is 1. The molecule has 7 heteroatoms. The second kappa shape index (κ2) is 11.2. The number of hydrogen-bond donors (Lipinski definition) is 1. The maximum atomic E-state index is 13.2. The number of hydrogen-bond acceptors (Lipinski definition) is 5. The van der Waals surface area contributed by atoms with Gasteiger partial charge in [0.15, 0.2) is 8.32 Å². The Kier molecular flexibility index (Phi) is 9.13. The molecule has 0 bridgehead atoms. The molecule has 2 rings (SSSR count). The van der Waals surface area contributed by atoms with Crippen LogP contribution in [-0.4, -0.2) is 31.7 Å². The maximum Gasteiger partial charge on any atom is 0.408 e. The summed E-state index contributed by atoms with van der Waals surface area (Å²) >= 11 is 1.10. The topological polar surface area (TPSA) is 64.6 Å². The van der Waals surface area contributed by atoms with Crippen molar-refractivity contribution in [2.45, 2.75) is 76.4 Å². The van der Waals surface area contributed by atoms with E-state index in [1.807, 2.05) is 68.4 Å². The average molecular weight is 474 g/mol. The Morgan fingerprint density at radius 1 is 1.03 bits per heavy atom. The molecule has 0 saturated carbocycles. The van der Waals surface area contributed by atoms with Crippen molar-refractivity contribution in [1.29, 1.82) is 0 Å². The van der Waals surface area contributed by atoms with Crippen molar-refractivity contribution in [2.75, 3.05) is 0 Å². The van der Waals surface area contributed by atoms with E-state index in [2.05, 4.69) is 39.2 Å². The quantitative estimate of drug-likeness (QED) is 0.359. The lowest BCUT2D eigenvalue weighted by Crippen LogP contribution is -2.53. The molecule has 0 spiro atoms. The van der Waals surface area contributed by atoms with Gasteiger partial charge < -0.3 is 14.5 Å². The summed E-state index contributed by atoms with van der Waals surface area (Å²) in [5.41, 5.74) is 2.00. The number of aryl methyl sites for hydroxylation is 1. The zero-order valence-corrected chi connectivity index (χ0v) is 21.9. The van der Waals surface area contributed by atoms with Gasteiger partial charge in [-0.1, -0.05) is 68.8 Å². The highest BCUT2D eigenvalue weighted by molar-refractivity contribution is 8.13. The molecule has 0 unspecified atom stereocenters. The first kappa shape index (κ1) is 26.2. The molecule has 0 aliphatic carbocycles. The van der Waals surface area contributed by atoms with E-state index >= 15 is 0 Å². The minimum atomic E-state index is -2.15. The van der Waals surface area contributed by atoms with E-state index in [-0.39, 0.29) is 16.8 Å². The molecule has 2 atom stereocenters. The summed E-state index contributed by atoms with van der Waals surface area (Å²) in [6, 6.07) is 16.3. The Balaban J connectivity index is 2.14. The molecule has 0 aliphatic rings. The molecule has 1 amide bonds. The summed E-state index contributed by atoms with van der Waals surface area (Å²) in [5, 5.41) is 2.55. The van der Waals surface area contributed by atoms with Crippen molar-refractivity contribution in [3.8, 4) is 0 Å². The van der Waals surface area contributed by atoms with E-state index in [1.54, 1.807) is 0 Å². The molecule has 2 aromatic rings. The highest BCUT2D eigenvalue weighted by atomic mass is 32.2. The molecular formula is C25H35NO4SSi. The van der Waals surface area contributed by atoms with Crippen molar-refractivity contribution in [1.82, 2.24) is 5.32 Å². The predicted octanol–water partition coefficient (Wildman–Crippen LogP) is 6.32. The van der Waals surface area contributed by atoms with Gasteiger partial charge in [-0.3, -0.25) is 4.79 Å². The van der Waals surface area contributed by atoms with Gasteiger partial charge >= 0.3 is 6.09 Å². The Bertz CT molecular complexity index is 894. The summed E-state index contributed by atoms with van der Waals surface area (Å²) in [4.78, 5) is 26.6. The molecule has 0 aromatic heterocycles. The van der Waals surface area contributed by atoms with Gasteiger partial charge in [0.05, 0.1) is 6.10 Å². The van der Waals surface area contributed by atoms with Crippen molar-refractivity contribution < 1.29 is 18.8 Å². The van der Waals surface area contributed by atoms with Crippen LogP contribution in [0, 0.1) is 6.92 Å². The van der Waals surface area contributed by atoms with Crippen LogP contribution in [0.15, 0.2) is 59.5 Å². The van der Waals surface area contributed by atoms with Gasteiger partial charge in [-0.15, -0.1) is 0 Å². The van der Waals surface area contributed by atoms with E-state index in [1.165, 1.54) is 0 Å². The first-order valence-corrected chi connectivity index (χ1v) is 14.5. The number of thioether (sulfide) groups is 1. The summed E-state index contributed by atoms with van der Waals surface area (Å²) in [5.74, 6) is 0. The Labute approximate surface area is 197 Å². The summed E-state index contributed by atoms with van der Waals surface area (Å²) in [6.07, 6.45) is -1.13. The smallest absolute Gasteiger partial charge is 0.408 e. The van der Waals surface area contributed by atoms with E-state index in [9.17, 15) is 9.59 Å². The number of rotatable bonds is 8. The largest absolute Gasteiger partial charge is 0.445 e. The molecule has 0 saturated heterocycles. The number of amides is 1. The van der Waals surface area contributed by atoms with Crippen LogP contribution in [0.25, 0.3) is 0 Å². The molecule has 0 fully saturated rings. The summed E-state index contributed by atoms with van der Waals surface area (Å²) < 4.78 is 11.8. The normalized spacial score (nSPS) is 13.8. The van der Waals surface area contributed by atoms with Gasteiger partial charge in [0.1, 0.15) is 12.6 Å². The third-order valence-corrected chi connectivity index (χ3v) is 11.3. The zero-order chi connectivity index (χ0) is 23.9. The minimum Gasteiger partial charge on any atom is -0.445 e. The van der Waals surface area contributed by atoms with Gasteiger partial charge in [0.25, 0.3) is 0 Å². The van der Waals surface area contributed by atoms with E-state index in [0.717, 1.165) is 27.8 Å². The number of carbonyl (C=O) groups excluding carboxylic acids is 2. The number of benzene rings is 2. The van der Waals surface area contributed by atoms with E-state index in [0.29, 0.717) is 0 Å². The van der Waals surface area contributed by atoms with Crippen molar-refractivity contribution in [3.05, 3.63) is 65.7 Å². The zero-order valence-electron chi connectivity index (χ0n) is 20.1. The van der Waals surface area contributed by atoms with Crippen LogP contribution in [0.2, 0.25) is 18.1 Å². The van der Waals surface area contributed by atoms with Crippen LogP contribution >= 0.6 is 11.8 Å². The van der Waals surface area contributed by atoms with Gasteiger partial charge in [-0.25, -0.2) is 4.79 Å². The highest BCUT2D eigenvalue weighted by Crippen LogP contribution is 2.38. The molecule has 2 aromatic carbocycles. The molecule has 5 nitrogen and oxygen atoms in total. The second-order valence-corrected chi connectivity index (χ2v) is 15.3. The Morgan fingerprint density at radius 3 is 2.19 bits per heavy atom. The monoisotopic (exact) mass is 473 g/mol. The lowest BCUT2D eigenvalue weighted by molar-refractivity contribution is -0.114. The van der Waals surface area contributed by atoms with Crippen LogP contribution in [0.1, 0.15) is 38.8 Å². The first-order chi connectivity index (χ1) is 14.9. The SMILES string of the molecule is Cc1ccc(SC(=O)[C@H](NC(=O)OCc2ccccc2)[C@H](C)O[Si](C)(C)C(C)(C)C)cc1. The maximum absolute atomic E-state index is 13.2. The number of carbonyl (C=O) groups is 2. The standard InChI is InChI=1S/C25H35NO4SSi/c1-18-13-15-21(16-14-18)31-23(27)22(19(2)30-32(6,7)25(3,4)5)26-24(28)29-17-20-11-9-8-10-12-20/h8-16,19,22H,17H2,1-7H3,(H,26,28)/t19-,22+/m0/s1. The molecule has 32 heavy (non-hydrogen) atoms. The molecular weight excluding hydrogens is 438 g/mol.